The molecule has 0 saturated carbocycles. The van der Waals surface area contributed by atoms with Gasteiger partial charge in [0.25, 0.3) is 5.91 Å². The van der Waals surface area contributed by atoms with E-state index < -0.39 is 6.04 Å². The van der Waals surface area contributed by atoms with E-state index in [1.54, 1.807) is 57.5 Å². The molecule has 1 atom stereocenters. The summed E-state index contributed by atoms with van der Waals surface area (Å²) in [6.07, 6.45) is 1.63. The highest BCUT2D eigenvalue weighted by atomic mass is 16.5. The highest BCUT2D eigenvalue weighted by molar-refractivity contribution is 5.96. The third kappa shape index (κ3) is 4.80. The first-order valence-electron chi connectivity index (χ1n) is 11.1. The van der Waals surface area contributed by atoms with Crippen LogP contribution in [0.2, 0.25) is 0 Å². The van der Waals surface area contributed by atoms with Crippen LogP contribution in [0.15, 0.2) is 66.9 Å². The van der Waals surface area contributed by atoms with Crippen molar-refractivity contribution in [1.82, 2.24) is 15.0 Å². The van der Waals surface area contributed by atoms with Crippen LogP contribution in [0.5, 0.6) is 23.0 Å². The quantitative estimate of drug-likeness (QED) is 0.370. The Balaban J connectivity index is 1.71. The predicted octanol–water partition coefficient (Wildman–Crippen LogP) is 2.89. The van der Waals surface area contributed by atoms with E-state index in [1.807, 2.05) is 42.5 Å². The van der Waals surface area contributed by atoms with E-state index in [0.29, 0.717) is 40.1 Å². The lowest BCUT2D eigenvalue weighted by Gasteiger charge is -2.16. The Labute approximate surface area is 208 Å². The molecule has 4 N–H and O–H groups in total. The third-order valence-electron chi connectivity index (χ3n) is 5.71. The van der Waals surface area contributed by atoms with Crippen molar-refractivity contribution < 1.29 is 29.5 Å². The van der Waals surface area contributed by atoms with Crippen molar-refractivity contribution in [3.05, 3.63) is 72.4 Å². The summed E-state index contributed by atoms with van der Waals surface area (Å²) in [5.74, 6) is 1.70. The summed E-state index contributed by atoms with van der Waals surface area (Å²) in [7, 11) is 6.19. The van der Waals surface area contributed by atoms with Crippen LogP contribution in [-0.4, -0.2) is 49.3 Å². The molecule has 10 heteroatoms. The highest BCUT2D eigenvalue weighted by Gasteiger charge is 2.22. The van der Waals surface area contributed by atoms with Gasteiger partial charge in [0.15, 0.2) is 17.5 Å². The number of quaternary nitrogens is 1. The normalized spacial score (nSPS) is 11.5. The minimum atomic E-state index is -0.592. The number of carbonyl (C=O) groups excluding carboxylic acids is 1. The fourth-order valence-electron chi connectivity index (χ4n) is 3.83. The summed E-state index contributed by atoms with van der Waals surface area (Å²) in [6, 6.07) is 17.8. The number of ether oxygens (including phenoxy) is 4. The van der Waals surface area contributed by atoms with Gasteiger partial charge in [-0.15, -0.1) is 5.10 Å². The molecule has 4 aromatic rings. The summed E-state index contributed by atoms with van der Waals surface area (Å²) in [5.41, 5.74) is 7.42. The van der Waals surface area contributed by atoms with Crippen molar-refractivity contribution in [1.29, 1.82) is 0 Å². The SMILES string of the molecule is COc1ccc(-c2cnnn2-c2cc(OC)c(OC)c(OC)c2)cc1NC(=O)C([NH3+])c1ccccc1. The number of nitrogens with one attached hydrogen (secondary N) is 1. The fraction of sp³-hybridized carbons (Fsp3) is 0.192. The molecule has 1 amide bonds. The van der Waals surface area contributed by atoms with Crippen molar-refractivity contribution in [2.45, 2.75) is 6.04 Å². The van der Waals surface area contributed by atoms with Crippen LogP contribution in [0.4, 0.5) is 5.69 Å². The van der Waals surface area contributed by atoms with Gasteiger partial charge in [-0.3, -0.25) is 4.79 Å². The van der Waals surface area contributed by atoms with Crippen LogP contribution in [0, 0.1) is 0 Å². The Morgan fingerprint density at radius 1 is 0.889 bits per heavy atom. The molecule has 0 aliphatic carbocycles. The lowest BCUT2D eigenvalue weighted by atomic mass is 10.1. The van der Waals surface area contributed by atoms with E-state index in [-0.39, 0.29) is 5.91 Å². The van der Waals surface area contributed by atoms with Crippen LogP contribution < -0.4 is 30.0 Å². The van der Waals surface area contributed by atoms with Gasteiger partial charge in [-0.2, -0.15) is 0 Å². The molecule has 4 rings (SSSR count). The molecule has 36 heavy (non-hydrogen) atoms. The van der Waals surface area contributed by atoms with Crippen LogP contribution >= 0.6 is 0 Å². The maximum absolute atomic E-state index is 13.0. The molecule has 186 valence electrons. The number of hydrogen-bond donors (Lipinski definition) is 2. The van der Waals surface area contributed by atoms with Crippen molar-refractivity contribution in [3.8, 4) is 39.9 Å². The Bertz CT molecular complexity index is 1330. The van der Waals surface area contributed by atoms with Gasteiger partial charge in [0.2, 0.25) is 5.75 Å². The predicted molar refractivity (Wildman–Crippen MR) is 134 cm³/mol. The van der Waals surface area contributed by atoms with E-state index >= 15 is 0 Å². The lowest BCUT2D eigenvalue weighted by molar-refractivity contribution is -0.408. The van der Waals surface area contributed by atoms with E-state index in [9.17, 15) is 4.79 Å². The van der Waals surface area contributed by atoms with Gasteiger partial charge in [-0.1, -0.05) is 35.5 Å². The molecule has 0 radical (unpaired) electrons. The Morgan fingerprint density at radius 3 is 2.17 bits per heavy atom. The van der Waals surface area contributed by atoms with Crippen molar-refractivity contribution in [3.63, 3.8) is 0 Å². The number of rotatable bonds is 9. The second-order valence-corrected chi connectivity index (χ2v) is 7.78. The molecular formula is C26H28N5O5+. The van der Waals surface area contributed by atoms with E-state index in [0.717, 1.165) is 11.1 Å². The Kier molecular flexibility index (Phi) is 7.36. The maximum atomic E-state index is 13.0. The highest BCUT2D eigenvalue weighted by Crippen LogP contribution is 2.40. The molecule has 0 aliphatic heterocycles. The standard InChI is InChI=1S/C26H27N5O5/c1-33-21-11-10-17(12-19(21)29-26(32)24(27)16-8-6-5-7-9-16)20-15-28-30-31(20)18-13-22(34-2)25(36-4)23(14-18)35-3/h5-15,24H,27H2,1-4H3,(H,29,32)/p+1. The molecule has 1 unspecified atom stereocenters. The summed E-state index contributed by atoms with van der Waals surface area (Å²) in [6.45, 7) is 0. The molecule has 0 aliphatic rings. The first-order valence-corrected chi connectivity index (χ1v) is 11.1. The lowest BCUT2D eigenvalue weighted by Crippen LogP contribution is -2.58. The minimum absolute atomic E-state index is 0.257. The molecule has 1 aromatic heterocycles. The molecule has 0 fully saturated rings. The maximum Gasteiger partial charge on any atom is 0.287 e. The second-order valence-electron chi connectivity index (χ2n) is 7.78. The van der Waals surface area contributed by atoms with E-state index in [2.05, 4.69) is 21.4 Å². The van der Waals surface area contributed by atoms with Gasteiger partial charge < -0.3 is 30.0 Å². The zero-order valence-corrected chi connectivity index (χ0v) is 20.5. The fourth-order valence-corrected chi connectivity index (χ4v) is 3.83. The zero-order chi connectivity index (χ0) is 25.7. The minimum Gasteiger partial charge on any atom is -0.495 e. The van der Waals surface area contributed by atoms with Crippen LogP contribution in [0.25, 0.3) is 16.9 Å². The first-order chi connectivity index (χ1) is 17.5. The second kappa shape index (κ2) is 10.8. The zero-order valence-electron chi connectivity index (χ0n) is 20.5. The monoisotopic (exact) mass is 490 g/mol. The van der Waals surface area contributed by atoms with Gasteiger partial charge >= 0.3 is 0 Å². The number of anilines is 1. The van der Waals surface area contributed by atoms with Gasteiger partial charge in [0, 0.05) is 23.3 Å². The summed E-state index contributed by atoms with van der Waals surface area (Å²) < 4.78 is 23.5. The molecule has 0 saturated heterocycles. The average Bonchev–Trinajstić information content (AvgIpc) is 3.42. The van der Waals surface area contributed by atoms with Crippen molar-refractivity contribution in [2.24, 2.45) is 0 Å². The largest absolute Gasteiger partial charge is 0.495 e. The summed E-state index contributed by atoms with van der Waals surface area (Å²) in [4.78, 5) is 13.0. The van der Waals surface area contributed by atoms with Crippen molar-refractivity contribution in [2.75, 3.05) is 33.8 Å². The molecule has 3 aromatic carbocycles. The number of benzene rings is 3. The summed E-state index contributed by atoms with van der Waals surface area (Å²) >= 11 is 0. The topological polar surface area (TPSA) is 124 Å². The van der Waals surface area contributed by atoms with Gasteiger partial charge in [0.05, 0.1) is 51.7 Å². The number of amides is 1. The third-order valence-corrected chi connectivity index (χ3v) is 5.71. The molecule has 10 nitrogen and oxygen atoms in total. The smallest absolute Gasteiger partial charge is 0.287 e. The van der Waals surface area contributed by atoms with Crippen LogP contribution in [0.3, 0.4) is 0 Å². The number of nitrogens with zero attached hydrogens (tertiary/aromatic N) is 3. The van der Waals surface area contributed by atoms with E-state index in [1.165, 1.54) is 0 Å². The van der Waals surface area contributed by atoms with Crippen molar-refractivity contribution >= 4 is 11.6 Å². The number of methoxy groups -OCH3 is 4. The molecular weight excluding hydrogens is 462 g/mol. The Hall–Kier alpha value is -4.57. The van der Waals surface area contributed by atoms with Gasteiger partial charge in [-0.25, -0.2) is 4.68 Å². The molecule has 1 heterocycles. The average molecular weight is 491 g/mol. The first kappa shape index (κ1) is 24.6. The summed E-state index contributed by atoms with van der Waals surface area (Å²) in [5, 5.41) is 11.3. The van der Waals surface area contributed by atoms with Gasteiger partial charge in [-0.05, 0) is 18.2 Å². The van der Waals surface area contributed by atoms with E-state index in [4.69, 9.17) is 18.9 Å². The van der Waals surface area contributed by atoms with Gasteiger partial charge in [0.1, 0.15) is 5.75 Å². The van der Waals surface area contributed by atoms with Crippen LogP contribution in [-0.2, 0) is 4.79 Å². The number of aromatic nitrogens is 3. The number of hydrogen-bond acceptors (Lipinski definition) is 7. The number of carbonyl (C=O) groups is 1. The van der Waals surface area contributed by atoms with Crippen LogP contribution in [0.1, 0.15) is 11.6 Å². The molecule has 0 spiro atoms. The molecule has 0 bridgehead atoms. The Morgan fingerprint density at radius 2 is 1.56 bits per heavy atom.